The summed E-state index contributed by atoms with van der Waals surface area (Å²) in [5.41, 5.74) is 2.65. The first-order valence-corrected chi connectivity index (χ1v) is 8.61. The summed E-state index contributed by atoms with van der Waals surface area (Å²) in [6.45, 7) is 6.69. The normalized spacial score (nSPS) is 15.7. The van der Waals surface area contributed by atoms with Gasteiger partial charge in [-0.3, -0.25) is 4.79 Å². The molecule has 0 radical (unpaired) electrons. The number of nitrogens with zero attached hydrogens (tertiary/aromatic N) is 2. The topological polar surface area (TPSA) is 68.0 Å². The molecule has 23 heavy (non-hydrogen) atoms. The van der Waals surface area contributed by atoms with E-state index in [9.17, 15) is 4.79 Å². The molecule has 0 atom stereocenters. The number of carbonyl (C=O) groups is 1. The zero-order valence-electron chi connectivity index (χ0n) is 14.2. The minimum absolute atomic E-state index is 0.0522. The lowest BCUT2D eigenvalue weighted by Crippen LogP contribution is -2.26. The molecule has 2 aromatic rings. The standard InChI is InChI=1S/C18H25N3O2/c1-11(2)15-10-14(16-12(3)21-23-18(16)20-15)17(22)19-9-8-13-6-4-5-7-13/h10-11,13H,4-9H2,1-3H3,(H,19,22). The van der Waals surface area contributed by atoms with Gasteiger partial charge in [0.1, 0.15) is 0 Å². The number of fused-ring (bicyclic) bond motifs is 1. The first kappa shape index (κ1) is 16.0. The van der Waals surface area contributed by atoms with Gasteiger partial charge in [0, 0.05) is 12.2 Å². The van der Waals surface area contributed by atoms with Crippen molar-refractivity contribution in [3.8, 4) is 0 Å². The first-order chi connectivity index (χ1) is 11.1. The van der Waals surface area contributed by atoms with Crippen molar-refractivity contribution >= 4 is 17.0 Å². The van der Waals surface area contributed by atoms with Gasteiger partial charge in [-0.05, 0) is 31.2 Å². The van der Waals surface area contributed by atoms with E-state index in [1.54, 1.807) is 0 Å². The Kier molecular flexibility index (Phi) is 4.64. The number of aromatic nitrogens is 2. The average Bonchev–Trinajstić information content (AvgIpc) is 3.16. The van der Waals surface area contributed by atoms with E-state index in [1.807, 2.05) is 13.0 Å². The van der Waals surface area contributed by atoms with Crippen LogP contribution in [0.15, 0.2) is 10.6 Å². The van der Waals surface area contributed by atoms with Gasteiger partial charge in [0.2, 0.25) is 0 Å². The Labute approximate surface area is 136 Å². The third kappa shape index (κ3) is 3.38. The highest BCUT2D eigenvalue weighted by molar-refractivity contribution is 6.06. The Balaban J connectivity index is 1.79. The van der Waals surface area contributed by atoms with E-state index < -0.39 is 0 Å². The molecule has 5 heteroatoms. The van der Waals surface area contributed by atoms with E-state index in [0.717, 1.165) is 30.0 Å². The molecule has 5 nitrogen and oxygen atoms in total. The maximum atomic E-state index is 12.6. The zero-order valence-corrected chi connectivity index (χ0v) is 14.2. The highest BCUT2D eigenvalue weighted by Crippen LogP contribution is 2.27. The maximum absolute atomic E-state index is 12.6. The number of hydrogen-bond acceptors (Lipinski definition) is 4. The van der Waals surface area contributed by atoms with Crippen LogP contribution in [0.3, 0.4) is 0 Å². The van der Waals surface area contributed by atoms with Crippen LogP contribution in [0.1, 0.15) is 73.6 Å². The van der Waals surface area contributed by atoms with E-state index in [1.165, 1.54) is 25.7 Å². The maximum Gasteiger partial charge on any atom is 0.259 e. The molecule has 1 fully saturated rings. The van der Waals surface area contributed by atoms with Gasteiger partial charge in [-0.1, -0.05) is 44.7 Å². The van der Waals surface area contributed by atoms with Gasteiger partial charge in [0.15, 0.2) is 0 Å². The lowest BCUT2D eigenvalue weighted by Gasteiger charge is -2.11. The van der Waals surface area contributed by atoms with E-state index in [2.05, 4.69) is 29.3 Å². The Bertz CT molecular complexity index is 700. The monoisotopic (exact) mass is 315 g/mol. The number of aryl methyl sites for hydroxylation is 1. The van der Waals surface area contributed by atoms with Gasteiger partial charge in [0.05, 0.1) is 16.6 Å². The molecule has 1 aliphatic rings. The third-order valence-electron chi connectivity index (χ3n) is 4.79. The van der Waals surface area contributed by atoms with E-state index in [4.69, 9.17) is 4.52 Å². The van der Waals surface area contributed by atoms with Crippen LogP contribution in [-0.2, 0) is 0 Å². The van der Waals surface area contributed by atoms with Crippen molar-refractivity contribution in [3.05, 3.63) is 23.0 Å². The van der Waals surface area contributed by atoms with Crippen LogP contribution in [0.5, 0.6) is 0 Å². The number of amides is 1. The molecule has 0 saturated heterocycles. The van der Waals surface area contributed by atoms with Crippen molar-refractivity contribution in [1.82, 2.24) is 15.5 Å². The van der Waals surface area contributed by atoms with E-state index in [-0.39, 0.29) is 11.8 Å². The Morgan fingerprint density at radius 2 is 2.13 bits per heavy atom. The molecule has 2 heterocycles. The van der Waals surface area contributed by atoms with Crippen LogP contribution in [-0.4, -0.2) is 22.6 Å². The zero-order chi connectivity index (χ0) is 16.4. The summed E-state index contributed by atoms with van der Waals surface area (Å²) in [6, 6.07) is 1.88. The van der Waals surface area contributed by atoms with Crippen molar-refractivity contribution in [3.63, 3.8) is 0 Å². The molecule has 0 aromatic carbocycles. The van der Waals surface area contributed by atoms with Gasteiger partial charge in [-0.2, -0.15) is 0 Å². The molecule has 0 spiro atoms. The summed E-state index contributed by atoms with van der Waals surface area (Å²) in [4.78, 5) is 17.1. The molecule has 1 saturated carbocycles. The summed E-state index contributed by atoms with van der Waals surface area (Å²) < 4.78 is 5.27. The highest BCUT2D eigenvalue weighted by Gasteiger charge is 2.20. The molecular weight excluding hydrogens is 290 g/mol. The molecule has 0 bridgehead atoms. The summed E-state index contributed by atoms with van der Waals surface area (Å²) in [6.07, 6.45) is 6.34. The van der Waals surface area contributed by atoms with Crippen molar-refractivity contribution in [1.29, 1.82) is 0 Å². The molecular formula is C18H25N3O2. The third-order valence-corrected chi connectivity index (χ3v) is 4.79. The molecule has 124 valence electrons. The SMILES string of the molecule is Cc1noc2nc(C(C)C)cc(C(=O)NCCC3CCCC3)c12. The van der Waals surface area contributed by atoms with Gasteiger partial charge in [-0.15, -0.1) is 0 Å². The van der Waals surface area contributed by atoms with Crippen molar-refractivity contribution in [2.45, 2.75) is 58.8 Å². The van der Waals surface area contributed by atoms with Crippen molar-refractivity contribution in [2.24, 2.45) is 5.92 Å². The smallest absolute Gasteiger partial charge is 0.259 e. The first-order valence-electron chi connectivity index (χ1n) is 8.61. The molecule has 1 amide bonds. The fourth-order valence-electron chi connectivity index (χ4n) is 3.37. The number of nitrogens with one attached hydrogen (secondary N) is 1. The predicted molar refractivity (Wildman–Crippen MR) is 89.5 cm³/mol. The number of rotatable bonds is 5. The average molecular weight is 315 g/mol. The van der Waals surface area contributed by atoms with Crippen LogP contribution >= 0.6 is 0 Å². The minimum Gasteiger partial charge on any atom is -0.352 e. The molecule has 1 aliphatic carbocycles. The van der Waals surface area contributed by atoms with Crippen LogP contribution in [0, 0.1) is 12.8 Å². The second-order valence-corrected chi connectivity index (χ2v) is 6.89. The Morgan fingerprint density at radius 3 is 2.83 bits per heavy atom. The molecule has 0 unspecified atom stereocenters. The summed E-state index contributed by atoms with van der Waals surface area (Å²) >= 11 is 0. The predicted octanol–water partition coefficient (Wildman–Crippen LogP) is 3.96. The van der Waals surface area contributed by atoms with Crippen LogP contribution in [0.25, 0.3) is 11.1 Å². The molecule has 3 rings (SSSR count). The van der Waals surface area contributed by atoms with E-state index in [0.29, 0.717) is 17.0 Å². The van der Waals surface area contributed by atoms with E-state index >= 15 is 0 Å². The number of pyridine rings is 1. The van der Waals surface area contributed by atoms with Crippen LogP contribution in [0.4, 0.5) is 0 Å². The highest BCUT2D eigenvalue weighted by atomic mass is 16.5. The number of hydrogen-bond donors (Lipinski definition) is 1. The van der Waals surface area contributed by atoms with Gasteiger partial charge in [0.25, 0.3) is 11.6 Å². The molecule has 2 aromatic heterocycles. The summed E-state index contributed by atoms with van der Waals surface area (Å²) in [7, 11) is 0. The second-order valence-electron chi connectivity index (χ2n) is 6.89. The van der Waals surface area contributed by atoms with Crippen LogP contribution in [0.2, 0.25) is 0 Å². The summed E-state index contributed by atoms with van der Waals surface area (Å²) in [5.74, 6) is 0.953. The molecule has 0 aliphatic heterocycles. The quantitative estimate of drug-likeness (QED) is 0.906. The fraction of sp³-hybridized carbons (Fsp3) is 0.611. The minimum atomic E-state index is -0.0522. The summed E-state index contributed by atoms with van der Waals surface area (Å²) in [5, 5.41) is 7.76. The van der Waals surface area contributed by atoms with Gasteiger partial charge >= 0.3 is 0 Å². The second kappa shape index (κ2) is 6.69. The largest absolute Gasteiger partial charge is 0.352 e. The lowest BCUT2D eigenvalue weighted by atomic mass is 10.0. The fourth-order valence-corrected chi connectivity index (χ4v) is 3.37. The van der Waals surface area contributed by atoms with Gasteiger partial charge in [-0.25, -0.2) is 4.98 Å². The Hall–Kier alpha value is -1.91. The number of carbonyl (C=O) groups excluding carboxylic acids is 1. The molecule has 1 N–H and O–H groups in total. The van der Waals surface area contributed by atoms with Crippen molar-refractivity contribution < 1.29 is 9.32 Å². The Morgan fingerprint density at radius 1 is 1.39 bits per heavy atom. The van der Waals surface area contributed by atoms with Gasteiger partial charge < -0.3 is 9.84 Å². The van der Waals surface area contributed by atoms with Crippen molar-refractivity contribution in [2.75, 3.05) is 6.54 Å². The van der Waals surface area contributed by atoms with Crippen LogP contribution < -0.4 is 5.32 Å². The lowest BCUT2D eigenvalue weighted by molar-refractivity contribution is 0.0953.